The molecule has 0 spiro atoms. The summed E-state index contributed by atoms with van der Waals surface area (Å²) in [4.78, 5) is 9.61. The zero-order valence-corrected chi connectivity index (χ0v) is 6.78. The van der Waals surface area contributed by atoms with E-state index in [4.69, 9.17) is 5.26 Å². The smallest absolute Gasteiger partial charge is 0.219 e. The Bertz CT molecular complexity index is 174. The predicted molar refractivity (Wildman–Crippen MR) is 40.4 cm³/mol. The first-order valence-corrected chi connectivity index (χ1v) is 3.63. The topological polar surface area (TPSA) is 66.9 Å². The molecule has 2 unspecified atom stereocenters. The summed E-state index contributed by atoms with van der Waals surface area (Å²) in [7, 11) is 0. The summed E-state index contributed by atoms with van der Waals surface area (Å²) in [5, 5.41) is 18.6. The van der Waals surface area contributed by atoms with Gasteiger partial charge in [-0.15, -0.1) is 0 Å². The summed E-state index contributed by atoms with van der Waals surface area (Å²) in [6.45, 7) is 3.55. The third kappa shape index (κ3) is 3.56. The molecule has 11 heavy (non-hydrogen) atoms. The van der Waals surface area contributed by atoms with Crippen molar-refractivity contribution in [3.8, 4) is 6.07 Å². The molecule has 0 saturated heterocycles. The number of nitriles is 1. The van der Waals surface area contributed by atoms with Crippen molar-refractivity contribution >= 4 is 0 Å². The van der Waals surface area contributed by atoms with Gasteiger partial charge in [0.1, 0.15) is 5.92 Å². The number of hydrogen-bond acceptors (Lipinski definition) is 3. The highest BCUT2D eigenvalue weighted by molar-refractivity contribution is 4.85. The normalized spacial score (nSPS) is 15.0. The van der Waals surface area contributed by atoms with Crippen molar-refractivity contribution in [1.29, 1.82) is 5.26 Å². The molecule has 0 N–H and O–H groups in total. The van der Waals surface area contributed by atoms with Crippen LogP contribution < -0.4 is 0 Å². The van der Waals surface area contributed by atoms with Crippen LogP contribution in [0.3, 0.4) is 0 Å². The van der Waals surface area contributed by atoms with Crippen molar-refractivity contribution < 1.29 is 4.92 Å². The van der Waals surface area contributed by atoms with E-state index in [2.05, 4.69) is 0 Å². The van der Waals surface area contributed by atoms with Crippen molar-refractivity contribution in [2.45, 2.75) is 20.3 Å². The quantitative estimate of drug-likeness (QED) is 0.457. The van der Waals surface area contributed by atoms with E-state index in [0.717, 1.165) is 6.42 Å². The van der Waals surface area contributed by atoms with Gasteiger partial charge < -0.3 is 0 Å². The molecule has 0 rings (SSSR count). The molecule has 4 heteroatoms. The monoisotopic (exact) mass is 156 g/mol. The fraction of sp³-hybridized carbons (Fsp3) is 0.857. The summed E-state index contributed by atoms with van der Waals surface area (Å²) < 4.78 is 0. The molecular formula is C7H12N2O2. The summed E-state index contributed by atoms with van der Waals surface area (Å²) >= 11 is 0. The van der Waals surface area contributed by atoms with Crippen LogP contribution in [0.15, 0.2) is 0 Å². The van der Waals surface area contributed by atoms with E-state index in [1.807, 2.05) is 19.9 Å². The lowest BCUT2D eigenvalue weighted by molar-refractivity contribution is -0.487. The Kier molecular flexibility index (Phi) is 4.20. The van der Waals surface area contributed by atoms with Crippen LogP contribution in [-0.2, 0) is 0 Å². The minimum absolute atomic E-state index is 0.116. The standard InChI is InChI=1S/C7H12N2O2/c1-3-6(2)7(4-8)5-9(10)11/h6-7H,3,5H2,1-2H3. The first-order chi connectivity index (χ1) is 5.11. The molecule has 0 aromatic rings. The number of nitro groups is 1. The van der Waals surface area contributed by atoms with E-state index >= 15 is 0 Å². The summed E-state index contributed by atoms with van der Waals surface area (Å²) in [6.07, 6.45) is 0.812. The van der Waals surface area contributed by atoms with E-state index < -0.39 is 10.8 Å². The van der Waals surface area contributed by atoms with Gasteiger partial charge in [-0.05, 0) is 5.92 Å². The third-order valence-electron chi connectivity index (χ3n) is 1.84. The van der Waals surface area contributed by atoms with Crippen molar-refractivity contribution in [3.05, 3.63) is 10.1 Å². The Morgan fingerprint density at radius 2 is 2.27 bits per heavy atom. The molecule has 0 aromatic heterocycles. The number of nitrogens with zero attached hydrogens (tertiary/aromatic N) is 2. The minimum atomic E-state index is -0.435. The van der Waals surface area contributed by atoms with Gasteiger partial charge in [0.05, 0.1) is 6.07 Å². The van der Waals surface area contributed by atoms with Gasteiger partial charge >= 0.3 is 0 Å². The third-order valence-corrected chi connectivity index (χ3v) is 1.84. The predicted octanol–water partition coefficient (Wildman–Crippen LogP) is 1.45. The SMILES string of the molecule is CCC(C)C(C#N)C[N+](=O)[O-]. The highest BCUT2D eigenvalue weighted by atomic mass is 16.6. The molecule has 0 aliphatic heterocycles. The molecule has 0 aliphatic carbocycles. The maximum absolute atomic E-state index is 10.0. The van der Waals surface area contributed by atoms with Crippen LogP contribution >= 0.6 is 0 Å². The zero-order valence-electron chi connectivity index (χ0n) is 6.78. The molecule has 0 aromatic carbocycles. The lowest BCUT2D eigenvalue weighted by Crippen LogP contribution is -2.19. The van der Waals surface area contributed by atoms with Crippen molar-refractivity contribution in [2.24, 2.45) is 11.8 Å². The van der Waals surface area contributed by atoms with Gasteiger partial charge in [-0.25, -0.2) is 0 Å². The second-order valence-electron chi connectivity index (χ2n) is 2.64. The average molecular weight is 156 g/mol. The van der Waals surface area contributed by atoms with E-state index in [1.165, 1.54) is 0 Å². The van der Waals surface area contributed by atoms with Crippen LogP contribution in [0.2, 0.25) is 0 Å². The molecule has 0 amide bonds. The summed E-state index contributed by atoms with van der Waals surface area (Å²) in [5.74, 6) is -0.319. The first kappa shape index (κ1) is 9.89. The van der Waals surface area contributed by atoms with Crippen molar-refractivity contribution in [2.75, 3.05) is 6.54 Å². The van der Waals surface area contributed by atoms with Gasteiger partial charge in [0.2, 0.25) is 6.54 Å². The van der Waals surface area contributed by atoms with Crippen molar-refractivity contribution in [3.63, 3.8) is 0 Å². The molecule has 0 radical (unpaired) electrons. The van der Waals surface area contributed by atoms with Gasteiger partial charge in [0.25, 0.3) is 0 Å². The second-order valence-corrected chi connectivity index (χ2v) is 2.64. The number of rotatable bonds is 4. The van der Waals surface area contributed by atoms with Crippen LogP contribution in [0.5, 0.6) is 0 Å². The maximum atomic E-state index is 10.0. The Morgan fingerprint density at radius 3 is 2.55 bits per heavy atom. The van der Waals surface area contributed by atoms with Crippen LogP contribution in [-0.4, -0.2) is 11.5 Å². The van der Waals surface area contributed by atoms with E-state index in [1.54, 1.807) is 0 Å². The molecule has 2 atom stereocenters. The highest BCUT2D eigenvalue weighted by Crippen LogP contribution is 2.13. The molecule has 0 aliphatic rings. The van der Waals surface area contributed by atoms with Crippen LogP contribution in [0.25, 0.3) is 0 Å². The Hall–Kier alpha value is -1.11. The fourth-order valence-electron chi connectivity index (χ4n) is 0.793. The molecule has 0 heterocycles. The van der Waals surface area contributed by atoms with Crippen molar-refractivity contribution in [1.82, 2.24) is 0 Å². The lowest BCUT2D eigenvalue weighted by atomic mass is 9.93. The average Bonchev–Trinajstić information content (AvgIpc) is 1.98. The molecule has 0 bridgehead atoms. The van der Waals surface area contributed by atoms with E-state index in [-0.39, 0.29) is 12.5 Å². The molecule has 0 saturated carbocycles. The van der Waals surface area contributed by atoms with E-state index in [0.29, 0.717) is 0 Å². The minimum Gasteiger partial charge on any atom is -0.264 e. The summed E-state index contributed by atoms with van der Waals surface area (Å²) in [6, 6.07) is 1.94. The number of hydrogen-bond donors (Lipinski definition) is 0. The van der Waals surface area contributed by atoms with Gasteiger partial charge in [-0.2, -0.15) is 5.26 Å². The van der Waals surface area contributed by atoms with Crippen LogP contribution in [0.4, 0.5) is 0 Å². The Balaban J connectivity index is 3.97. The first-order valence-electron chi connectivity index (χ1n) is 3.63. The van der Waals surface area contributed by atoms with Gasteiger partial charge in [0, 0.05) is 4.92 Å². The molecule has 62 valence electrons. The molecule has 0 fully saturated rings. The largest absolute Gasteiger partial charge is 0.264 e. The second kappa shape index (κ2) is 4.67. The molecular weight excluding hydrogens is 144 g/mol. The van der Waals surface area contributed by atoms with Gasteiger partial charge in [-0.1, -0.05) is 20.3 Å². The highest BCUT2D eigenvalue weighted by Gasteiger charge is 2.20. The summed E-state index contributed by atoms with van der Waals surface area (Å²) in [5.41, 5.74) is 0. The van der Waals surface area contributed by atoms with Crippen LogP contribution in [0.1, 0.15) is 20.3 Å². The zero-order chi connectivity index (χ0) is 8.85. The van der Waals surface area contributed by atoms with Gasteiger partial charge in [-0.3, -0.25) is 10.1 Å². The van der Waals surface area contributed by atoms with E-state index in [9.17, 15) is 10.1 Å². The Morgan fingerprint density at radius 1 is 1.73 bits per heavy atom. The van der Waals surface area contributed by atoms with Crippen LogP contribution in [0, 0.1) is 33.3 Å². The molecule has 4 nitrogen and oxygen atoms in total. The van der Waals surface area contributed by atoms with Gasteiger partial charge in [0.15, 0.2) is 0 Å². The maximum Gasteiger partial charge on any atom is 0.219 e. The fourth-order valence-corrected chi connectivity index (χ4v) is 0.793. The Labute approximate surface area is 66.0 Å². The lowest BCUT2D eigenvalue weighted by Gasteiger charge is -2.10.